The van der Waals surface area contributed by atoms with Crippen LogP contribution in [0.2, 0.25) is 0 Å². The van der Waals surface area contributed by atoms with Gasteiger partial charge < -0.3 is 10.1 Å². The van der Waals surface area contributed by atoms with E-state index in [1.807, 2.05) is 43.5 Å². The Morgan fingerprint density at radius 3 is 2.78 bits per heavy atom. The van der Waals surface area contributed by atoms with Gasteiger partial charge in [0, 0.05) is 22.0 Å². The minimum absolute atomic E-state index is 0.307. The van der Waals surface area contributed by atoms with Gasteiger partial charge in [0.15, 0.2) is 0 Å². The van der Waals surface area contributed by atoms with E-state index in [9.17, 15) is 10.1 Å². The number of nitriles is 1. The number of thiazole rings is 1. The summed E-state index contributed by atoms with van der Waals surface area (Å²) in [6.45, 7) is 5.95. The Bertz CT molecular complexity index is 1370. The van der Waals surface area contributed by atoms with E-state index in [2.05, 4.69) is 29.6 Å². The number of hydrogen-bond acceptors (Lipinski definition) is 7. The molecule has 2 aromatic carbocycles. The van der Waals surface area contributed by atoms with Crippen molar-refractivity contribution in [3.63, 3.8) is 0 Å². The summed E-state index contributed by atoms with van der Waals surface area (Å²) in [5.41, 5.74) is 3.66. The molecule has 160 valence electrons. The normalized spacial score (nSPS) is 11.4. The number of aryl methyl sites for hydroxylation is 1. The van der Waals surface area contributed by atoms with Crippen LogP contribution < -0.4 is 5.32 Å². The lowest BCUT2D eigenvalue weighted by Gasteiger charge is -2.05. The van der Waals surface area contributed by atoms with Crippen LogP contribution in [0.3, 0.4) is 0 Å². The zero-order chi connectivity index (χ0) is 22.7. The standard InChI is InChI=1S/C25H21N3O2S2/c1-4-30-25(29)22-15(2)16(3)32-24(22)27-13-18(12-26)23-28-21(14-31-23)20-11-7-9-17-8-5-6-10-19(17)20/h5-11,13-14,27H,4H2,1-3H3/b18-13-. The van der Waals surface area contributed by atoms with Crippen LogP contribution in [-0.4, -0.2) is 17.6 Å². The number of rotatable bonds is 6. The molecule has 0 bridgehead atoms. The number of aromatic nitrogens is 1. The second-order valence-corrected chi connectivity index (χ2v) is 9.17. The van der Waals surface area contributed by atoms with Crippen LogP contribution in [0.5, 0.6) is 0 Å². The van der Waals surface area contributed by atoms with E-state index >= 15 is 0 Å². The number of nitrogens with one attached hydrogen (secondary N) is 1. The lowest BCUT2D eigenvalue weighted by Crippen LogP contribution is -2.07. The third kappa shape index (κ3) is 4.15. The number of fused-ring (bicyclic) bond motifs is 1. The molecule has 2 heterocycles. The fraction of sp³-hybridized carbons (Fsp3) is 0.160. The molecule has 0 spiro atoms. The molecule has 4 rings (SSSR count). The number of hydrogen-bond donors (Lipinski definition) is 1. The first-order valence-corrected chi connectivity index (χ1v) is 11.8. The highest BCUT2D eigenvalue weighted by molar-refractivity contribution is 7.16. The Labute approximate surface area is 194 Å². The second kappa shape index (κ2) is 9.35. The van der Waals surface area contributed by atoms with Gasteiger partial charge in [0.25, 0.3) is 0 Å². The molecule has 0 amide bonds. The average molecular weight is 460 g/mol. The summed E-state index contributed by atoms with van der Waals surface area (Å²) < 4.78 is 5.20. The van der Waals surface area contributed by atoms with E-state index in [0.717, 1.165) is 32.5 Å². The van der Waals surface area contributed by atoms with Crippen LogP contribution in [0, 0.1) is 25.2 Å². The zero-order valence-electron chi connectivity index (χ0n) is 17.9. The number of benzene rings is 2. The quantitative estimate of drug-likeness (QED) is 0.254. The van der Waals surface area contributed by atoms with E-state index in [1.165, 1.54) is 22.7 Å². The molecule has 0 aliphatic carbocycles. The Balaban J connectivity index is 1.65. The van der Waals surface area contributed by atoms with E-state index < -0.39 is 0 Å². The average Bonchev–Trinajstić information content (AvgIpc) is 3.39. The van der Waals surface area contributed by atoms with E-state index in [4.69, 9.17) is 9.72 Å². The number of allylic oxidation sites excluding steroid dienone is 1. The summed E-state index contributed by atoms with van der Waals surface area (Å²) in [5.74, 6) is -0.365. The molecule has 0 unspecified atom stereocenters. The van der Waals surface area contributed by atoms with E-state index in [-0.39, 0.29) is 5.97 Å². The Kier molecular flexibility index (Phi) is 6.35. The third-order valence-corrected chi connectivity index (χ3v) is 7.15. The summed E-state index contributed by atoms with van der Waals surface area (Å²) in [4.78, 5) is 18.1. The van der Waals surface area contributed by atoms with Gasteiger partial charge in [0.2, 0.25) is 0 Å². The van der Waals surface area contributed by atoms with Crippen LogP contribution >= 0.6 is 22.7 Å². The first kappa shape index (κ1) is 21.8. The Morgan fingerprint density at radius 2 is 2.00 bits per heavy atom. The summed E-state index contributed by atoms with van der Waals surface area (Å²) in [7, 11) is 0. The molecule has 7 heteroatoms. The zero-order valence-corrected chi connectivity index (χ0v) is 19.6. The maximum Gasteiger partial charge on any atom is 0.341 e. The third-order valence-electron chi connectivity index (χ3n) is 5.13. The van der Waals surface area contributed by atoms with Crippen molar-refractivity contribution in [1.29, 1.82) is 5.26 Å². The molecule has 0 aliphatic rings. The Hall–Kier alpha value is -3.47. The predicted molar refractivity (Wildman–Crippen MR) is 132 cm³/mol. The summed E-state index contributed by atoms with van der Waals surface area (Å²) in [5, 5.41) is 18.4. The molecule has 0 radical (unpaired) electrons. The van der Waals surface area contributed by atoms with Crippen molar-refractivity contribution in [1.82, 2.24) is 4.98 Å². The number of carbonyl (C=O) groups excluding carboxylic acids is 1. The molecule has 5 nitrogen and oxygen atoms in total. The van der Waals surface area contributed by atoms with Crippen molar-refractivity contribution in [2.75, 3.05) is 11.9 Å². The SMILES string of the molecule is CCOC(=O)c1c(N/C=C(/C#N)c2nc(-c3cccc4ccccc34)cs2)sc(C)c1C. The van der Waals surface area contributed by atoms with Gasteiger partial charge in [0.1, 0.15) is 21.7 Å². The van der Waals surface area contributed by atoms with Crippen LogP contribution in [0.25, 0.3) is 27.6 Å². The predicted octanol–water partition coefficient (Wildman–Crippen LogP) is 6.79. The summed E-state index contributed by atoms with van der Waals surface area (Å²) in [6.07, 6.45) is 1.61. The number of esters is 1. The van der Waals surface area contributed by atoms with Crippen molar-refractivity contribution >= 4 is 50.0 Å². The molecule has 0 saturated heterocycles. The molecule has 4 aromatic rings. The number of nitrogens with zero attached hydrogens (tertiary/aromatic N) is 2. The van der Waals surface area contributed by atoms with Gasteiger partial charge in [-0.25, -0.2) is 9.78 Å². The van der Waals surface area contributed by atoms with E-state index in [1.54, 1.807) is 13.1 Å². The van der Waals surface area contributed by atoms with Crippen LogP contribution in [0.4, 0.5) is 5.00 Å². The molecule has 0 saturated carbocycles. The molecule has 1 N–H and O–H groups in total. The van der Waals surface area contributed by atoms with Crippen molar-refractivity contribution < 1.29 is 9.53 Å². The lowest BCUT2D eigenvalue weighted by molar-refractivity contribution is 0.0527. The van der Waals surface area contributed by atoms with Gasteiger partial charge in [-0.15, -0.1) is 22.7 Å². The summed E-state index contributed by atoms with van der Waals surface area (Å²) in [6, 6.07) is 16.5. The van der Waals surface area contributed by atoms with Crippen molar-refractivity contribution in [2.45, 2.75) is 20.8 Å². The van der Waals surface area contributed by atoms with Gasteiger partial charge in [-0.05, 0) is 37.1 Å². The maximum atomic E-state index is 12.4. The molecule has 32 heavy (non-hydrogen) atoms. The highest BCUT2D eigenvalue weighted by atomic mass is 32.1. The van der Waals surface area contributed by atoms with Gasteiger partial charge in [-0.1, -0.05) is 42.5 Å². The monoisotopic (exact) mass is 459 g/mol. The fourth-order valence-electron chi connectivity index (χ4n) is 3.43. The number of ether oxygens (including phenoxy) is 1. The minimum atomic E-state index is -0.365. The van der Waals surface area contributed by atoms with Gasteiger partial charge >= 0.3 is 5.97 Å². The largest absolute Gasteiger partial charge is 0.462 e. The topological polar surface area (TPSA) is 75.0 Å². The number of thiophene rings is 1. The second-order valence-electron chi connectivity index (χ2n) is 7.09. The molecule has 0 atom stereocenters. The maximum absolute atomic E-state index is 12.4. The van der Waals surface area contributed by atoms with Crippen LogP contribution in [0.1, 0.15) is 32.7 Å². The molecule has 0 fully saturated rings. The molecular weight excluding hydrogens is 438 g/mol. The van der Waals surface area contributed by atoms with E-state index in [0.29, 0.717) is 27.8 Å². The molecule has 2 aromatic heterocycles. The smallest absolute Gasteiger partial charge is 0.341 e. The van der Waals surface area contributed by atoms with Gasteiger partial charge in [-0.3, -0.25) is 0 Å². The first-order valence-electron chi connectivity index (χ1n) is 10.1. The highest BCUT2D eigenvalue weighted by Crippen LogP contribution is 2.34. The summed E-state index contributed by atoms with van der Waals surface area (Å²) >= 11 is 2.88. The molecule has 0 aliphatic heterocycles. The molecular formula is C25H21N3O2S2. The van der Waals surface area contributed by atoms with Gasteiger partial charge in [-0.2, -0.15) is 5.26 Å². The highest BCUT2D eigenvalue weighted by Gasteiger charge is 2.20. The number of anilines is 1. The van der Waals surface area contributed by atoms with Crippen LogP contribution in [0.15, 0.2) is 54.0 Å². The van der Waals surface area contributed by atoms with Crippen molar-refractivity contribution in [3.05, 3.63) is 75.1 Å². The number of carbonyl (C=O) groups is 1. The lowest BCUT2D eigenvalue weighted by atomic mass is 10.0. The van der Waals surface area contributed by atoms with Crippen molar-refractivity contribution in [3.8, 4) is 17.3 Å². The first-order chi connectivity index (χ1) is 15.5. The minimum Gasteiger partial charge on any atom is -0.462 e. The van der Waals surface area contributed by atoms with Crippen LogP contribution in [-0.2, 0) is 4.74 Å². The fourth-order valence-corrected chi connectivity index (χ4v) is 5.23. The Morgan fingerprint density at radius 1 is 1.22 bits per heavy atom. The van der Waals surface area contributed by atoms with Crippen molar-refractivity contribution in [2.24, 2.45) is 0 Å². The van der Waals surface area contributed by atoms with Gasteiger partial charge in [0.05, 0.1) is 17.9 Å².